The van der Waals surface area contributed by atoms with Crippen molar-refractivity contribution in [3.63, 3.8) is 0 Å². The maximum atomic E-state index is 12.6. The molecule has 0 aliphatic carbocycles. The number of hydrogen-bond acceptors (Lipinski definition) is 4. The quantitative estimate of drug-likeness (QED) is 0.751. The second kappa shape index (κ2) is 7.77. The molecule has 2 heterocycles. The van der Waals surface area contributed by atoms with E-state index in [1.54, 1.807) is 18.5 Å². The van der Waals surface area contributed by atoms with Crippen molar-refractivity contribution in [2.45, 2.75) is 13.1 Å². The molecule has 1 aromatic carbocycles. The van der Waals surface area contributed by atoms with Crippen LogP contribution in [0.15, 0.2) is 65.4 Å². The van der Waals surface area contributed by atoms with Crippen LogP contribution in [0.25, 0.3) is 11.1 Å². The Balaban J connectivity index is 1.84. The lowest BCUT2D eigenvalue weighted by atomic mass is 10.0. The number of benzene rings is 1. The van der Waals surface area contributed by atoms with Gasteiger partial charge in [-0.15, -0.1) is 0 Å². The molecule has 0 atom stereocenters. The summed E-state index contributed by atoms with van der Waals surface area (Å²) in [4.78, 5) is 19.0. The van der Waals surface area contributed by atoms with E-state index in [0.29, 0.717) is 18.0 Å². The number of carbonyl (C=O) groups excluding carboxylic acids is 1. The van der Waals surface area contributed by atoms with E-state index < -0.39 is 0 Å². The predicted molar refractivity (Wildman–Crippen MR) is 96.9 cm³/mol. The third-order valence-corrected chi connectivity index (χ3v) is 3.76. The summed E-state index contributed by atoms with van der Waals surface area (Å²) in [5.74, 6) is 0.490. The van der Waals surface area contributed by atoms with E-state index in [4.69, 9.17) is 4.42 Å². The van der Waals surface area contributed by atoms with Gasteiger partial charge in [-0.3, -0.25) is 9.78 Å². The number of nitrogens with one attached hydrogen (secondary N) is 1. The fourth-order valence-electron chi connectivity index (χ4n) is 2.69. The summed E-state index contributed by atoms with van der Waals surface area (Å²) in [5.41, 5.74) is 3.40. The number of nitrogens with zero attached hydrogens (tertiary/aromatic N) is 2. The minimum absolute atomic E-state index is 0.218. The summed E-state index contributed by atoms with van der Waals surface area (Å²) in [7, 11) is 4.06. The molecule has 2 aromatic heterocycles. The summed E-state index contributed by atoms with van der Waals surface area (Å²) in [6.07, 6.45) is 3.22. The molecule has 0 saturated heterocycles. The van der Waals surface area contributed by atoms with Crippen molar-refractivity contribution < 1.29 is 9.21 Å². The molecular weight excluding hydrogens is 314 g/mol. The number of aromatic nitrogens is 1. The zero-order valence-electron chi connectivity index (χ0n) is 14.4. The van der Waals surface area contributed by atoms with Gasteiger partial charge in [0.15, 0.2) is 0 Å². The van der Waals surface area contributed by atoms with Crippen LogP contribution < -0.4 is 5.32 Å². The summed E-state index contributed by atoms with van der Waals surface area (Å²) in [6, 6.07) is 15.6. The maximum absolute atomic E-state index is 12.6. The van der Waals surface area contributed by atoms with Crippen LogP contribution in [0.5, 0.6) is 0 Å². The Morgan fingerprint density at radius 3 is 2.80 bits per heavy atom. The van der Waals surface area contributed by atoms with Crippen LogP contribution in [0, 0.1) is 0 Å². The first-order valence-corrected chi connectivity index (χ1v) is 8.13. The molecule has 0 fully saturated rings. The molecule has 1 amide bonds. The molecule has 0 aliphatic rings. The maximum Gasteiger partial charge on any atom is 0.270 e. The molecule has 128 valence electrons. The summed E-state index contributed by atoms with van der Waals surface area (Å²) >= 11 is 0. The van der Waals surface area contributed by atoms with Crippen LogP contribution in [0.2, 0.25) is 0 Å². The van der Waals surface area contributed by atoms with Crippen LogP contribution in [0.4, 0.5) is 0 Å². The lowest BCUT2D eigenvalue weighted by Gasteiger charge is -2.12. The molecule has 0 radical (unpaired) electrons. The highest BCUT2D eigenvalue weighted by Crippen LogP contribution is 2.23. The minimum atomic E-state index is -0.218. The van der Waals surface area contributed by atoms with Crippen LogP contribution in [-0.4, -0.2) is 29.9 Å². The van der Waals surface area contributed by atoms with Crippen LogP contribution in [0.3, 0.4) is 0 Å². The minimum Gasteiger partial charge on any atom is -0.467 e. The van der Waals surface area contributed by atoms with E-state index in [-0.39, 0.29) is 5.91 Å². The van der Waals surface area contributed by atoms with E-state index in [0.717, 1.165) is 17.7 Å². The fourth-order valence-corrected chi connectivity index (χ4v) is 2.69. The van der Waals surface area contributed by atoms with Gasteiger partial charge in [0.25, 0.3) is 5.91 Å². The second-order valence-electron chi connectivity index (χ2n) is 6.10. The average Bonchev–Trinajstić information content (AvgIpc) is 3.13. The van der Waals surface area contributed by atoms with Crippen molar-refractivity contribution in [2.24, 2.45) is 0 Å². The standard InChI is InChI=1S/C20H21N3O2/c1-23(2)14-15-6-3-7-16(12-15)18-9-4-10-21-19(18)20(24)22-13-17-8-5-11-25-17/h3-12H,13-14H2,1-2H3,(H,22,24). The first kappa shape index (κ1) is 16.9. The molecule has 0 spiro atoms. The van der Waals surface area contributed by atoms with Gasteiger partial charge >= 0.3 is 0 Å². The second-order valence-corrected chi connectivity index (χ2v) is 6.10. The molecular formula is C20H21N3O2. The highest BCUT2D eigenvalue weighted by atomic mass is 16.3. The van der Waals surface area contributed by atoms with Crippen molar-refractivity contribution in [3.05, 3.63) is 78.0 Å². The first-order chi connectivity index (χ1) is 12.1. The zero-order valence-corrected chi connectivity index (χ0v) is 14.4. The smallest absolute Gasteiger partial charge is 0.270 e. The van der Waals surface area contributed by atoms with E-state index >= 15 is 0 Å². The third-order valence-electron chi connectivity index (χ3n) is 3.76. The van der Waals surface area contributed by atoms with Crippen molar-refractivity contribution in [2.75, 3.05) is 14.1 Å². The molecule has 0 bridgehead atoms. The van der Waals surface area contributed by atoms with Crippen molar-refractivity contribution in [1.82, 2.24) is 15.2 Å². The highest BCUT2D eigenvalue weighted by molar-refractivity contribution is 5.98. The average molecular weight is 335 g/mol. The number of rotatable bonds is 6. The van der Waals surface area contributed by atoms with Crippen molar-refractivity contribution in [3.8, 4) is 11.1 Å². The fraction of sp³-hybridized carbons (Fsp3) is 0.200. The lowest BCUT2D eigenvalue weighted by molar-refractivity contribution is 0.0944. The molecule has 5 heteroatoms. The van der Waals surface area contributed by atoms with E-state index in [1.165, 1.54) is 5.56 Å². The van der Waals surface area contributed by atoms with Gasteiger partial charge in [0.05, 0.1) is 12.8 Å². The van der Waals surface area contributed by atoms with Gasteiger partial charge in [0, 0.05) is 18.3 Å². The van der Waals surface area contributed by atoms with Crippen molar-refractivity contribution in [1.29, 1.82) is 0 Å². The molecule has 0 aliphatic heterocycles. The number of hydrogen-bond donors (Lipinski definition) is 1. The largest absolute Gasteiger partial charge is 0.467 e. The molecule has 5 nitrogen and oxygen atoms in total. The number of carbonyl (C=O) groups is 1. The van der Waals surface area contributed by atoms with Gasteiger partial charge in [0.1, 0.15) is 11.5 Å². The Labute approximate surface area is 147 Å². The topological polar surface area (TPSA) is 58.4 Å². The molecule has 0 saturated carbocycles. The number of pyridine rings is 1. The monoisotopic (exact) mass is 335 g/mol. The lowest BCUT2D eigenvalue weighted by Crippen LogP contribution is -2.24. The zero-order chi connectivity index (χ0) is 17.6. The number of amides is 1. The molecule has 3 rings (SSSR count). The molecule has 1 N–H and O–H groups in total. The summed E-state index contributed by atoms with van der Waals surface area (Å²) in [5, 5.41) is 2.85. The van der Waals surface area contributed by atoms with Crippen LogP contribution in [0.1, 0.15) is 21.8 Å². The third kappa shape index (κ3) is 4.33. The molecule has 0 unspecified atom stereocenters. The molecule has 25 heavy (non-hydrogen) atoms. The SMILES string of the molecule is CN(C)Cc1cccc(-c2cccnc2C(=O)NCc2ccco2)c1. The Hall–Kier alpha value is -2.92. The summed E-state index contributed by atoms with van der Waals surface area (Å²) in [6.45, 7) is 1.18. The first-order valence-electron chi connectivity index (χ1n) is 8.13. The normalized spacial score (nSPS) is 10.8. The van der Waals surface area contributed by atoms with Gasteiger partial charge in [0.2, 0.25) is 0 Å². The van der Waals surface area contributed by atoms with E-state index in [2.05, 4.69) is 27.3 Å². The van der Waals surface area contributed by atoms with Gasteiger partial charge in [-0.05, 0) is 49.5 Å². The summed E-state index contributed by atoms with van der Waals surface area (Å²) < 4.78 is 5.25. The predicted octanol–water partition coefficient (Wildman–Crippen LogP) is 3.33. The molecule has 3 aromatic rings. The Morgan fingerprint density at radius 1 is 1.16 bits per heavy atom. The number of furan rings is 1. The van der Waals surface area contributed by atoms with Crippen LogP contribution >= 0.6 is 0 Å². The van der Waals surface area contributed by atoms with Gasteiger partial charge < -0.3 is 14.6 Å². The Kier molecular flexibility index (Phi) is 5.26. The van der Waals surface area contributed by atoms with Gasteiger partial charge in [-0.25, -0.2) is 0 Å². The van der Waals surface area contributed by atoms with Gasteiger partial charge in [-0.1, -0.05) is 24.3 Å². The van der Waals surface area contributed by atoms with E-state index in [9.17, 15) is 4.79 Å². The highest BCUT2D eigenvalue weighted by Gasteiger charge is 2.14. The van der Waals surface area contributed by atoms with Crippen LogP contribution in [-0.2, 0) is 13.1 Å². The van der Waals surface area contributed by atoms with E-state index in [1.807, 2.05) is 44.4 Å². The van der Waals surface area contributed by atoms with Crippen molar-refractivity contribution >= 4 is 5.91 Å². The Morgan fingerprint density at radius 2 is 2.04 bits per heavy atom. The van der Waals surface area contributed by atoms with Gasteiger partial charge in [-0.2, -0.15) is 0 Å². The Bertz CT molecular complexity index is 842.